The molecular formula is C54H78N4O7. The van der Waals surface area contributed by atoms with Crippen LogP contribution in [0.25, 0.3) is 0 Å². The molecule has 0 saturated heterocycles. The topological polar surface area (TPSA) is 130 Å². The maximum Gasteiger partial charge on any atom is 0.266 e. The van der Waals surface area contributed by atoms with Crippen molar-refractivity contribution in [2.45, 2.75) is 183 Å². The first-order valence-corrected chi connectivity index (χ1v) is 23.5. The van der Waals surface area contributed by atoms with Crippen molar-refractivity contribution in [2.24, 2.45) is 0 Å². The molecule has 65 heavy (non-hydrogen) atoms. The molecule has 0 aliphatic heterocycles. The number of pyridine rings is 2. The molecule has 2 unspecified atom stereocenters. The normalized spacial score (nSPS) is 13.1. The van der Waals surface area contributed by atoms with Crippen molar-refractivity contribution >= 4 is 23.5 Å². The van der Waals surface area contributed by atoms with Gasteiger partial charge in [0.15, 0.2) is 35.3 Å². The largest absolute Gasteiger partial charge is 0.493 e. The first-order chi connectivity index (χ1) is 30.4. The molecule has 2 atom stereocenters. The van der Waals surface area contributed by atoms with Crippen molar-refractivity contribution in [1.29, 1.82) is 0 Å². The number of carbonyl (C=O) groups is 2. The molecule has 4 rings (SSSR count). The number of aryl methyl sites for hydroxylation is 2. The number of carbonyl (C=O) groups excluding carboxylic acids is 2. The summed E-state index contributed by atoms with van der Waals surface area (Å²) in [5.41, 5.74) is 5.46. The van der Waals surface area contributed by atoms with Gasteiger partial charge in [-0.05, 0) is 109 Å². The smallest absolute Gasteiger partial charge is 0.266 e. The summed E-state index contributed by atoms with van der Waals surface area (Å²) in [6, 6.07) is 16.2. The molecule has 0 aliphatic carbocycles. The lowest BCUT2D eigenvalue weighted by atomic mass is 9.76. The van der Waals surface area contributed by atoms with Gasteiger partial charge in [0.05, 0.1) is 14.2 Å². The lowest BCUT2D eigenvalue weighted by Gasteiger charge is -2.31. The van der Waals surface area contributed by atoms with Gasteiger partial charge in [-0.25, -0.2) is 0 Å². The van der Waals surface area contributed by atoms with E-state index in [4.69, 9.17) is 33.7 Å². The Labute approximate surface area is 390 Å². The summed E-state index contributed by atoms with van der Waals surface area (Å²) < 4.78 is 30.8. The highest BCUT2D eigenvalue weighted by atomic mass is 16.5. The second-order valence-electron chi connectivity index (χ2n) is 19.8. The van der Waals surface area contributed by atoms with Gasteiger partial charge in [0, 0.05) is 22.3 Å². The maximum absolute atomic E-state index is 14.0. The monoisotopic (exact) mass is 895 g/mol. The second-order valence-corrected chi connectivity index (χ2v) is 19.8. The Hall–Kier alpha value is -5.32. The van der Waals surface area contributed by atoms with E-state index in [0.717, 1.165) is 36.8 Å². The minimum atomic E-state index is -0.825. The van der Waals surface area contributed by atoms with Gasteiger partial charge in [0.1, 0.15) is 11.5 Å². The Morgan fingerprint density at radius 2 is 0.862 bits per heavy atom. The van der Waals surface area contributed by atoms with Crippen molar-refractivity contribution in [3.63, 3.8) is 0 Å². The summed E-state index contributed by atoms with van der Waals surface area (Å²) in [6.45, 7) is 34.0. The van der Waals surface area contributed by atoms with Gasteiger partial charge in [-0.2, -0.15) is 9.97 Å². The number of hydrogen-bond acceptors (Lipinski definition) is 9. The van der Waals surface area contributed by atoms with Crippen molar-refractivity contribution in [1.82, 2.24) is 9.97 Å². The molecular weight excluding hydrogens is 817 g/mol. The van der Waals surface area contributed by atoms with E-state index in [-0.39, 0.29) is 56.9 Å². The third-order valence-electron chi connectivity index (χ3n) is 13.8. The average Bonchev–Trinajstić information content (AvgIpc) is 3.28. The highest BCUT2D eigenvalue weighted by Gasteiger charge is 2.32. The lowest BCUT2D eigenvalue weighted by molar-refractivity contribution is -0.123. The van der Waals surface area contributed by atoms with Gasteiger partial charge in [-0.15, -0.1) is 0 Å². The van der Waals surface area contributed by atoms with Crippen LogP contribution in [0, 0.1) is 13.8 Å². The molecule has 2 amide bonds. The van der Waals surface area contributed by atoms with Gasteiger partial charge >= 0.3 is 0 Å². The minimum Gasteiger partial charge on any atom is -0.493 e. The van der Waals surface area contributed by atoms with Crippen molar-refractivity contribution in [2.75, 3.05) is 24.9 Å². The van der Waals surface area contributed by atoms with E-state index in [1.165, 1.54) is 25.3 Å². The zero-order valence-corrected chi connectivity index (χ0v) is 42.8. The van der Waals surface area contributed by atoms with Crippen LogP contribution in [-0.2, 0) is 31.2 Å². The molecule has 4 aromatic rings. The quantitative estimate of drug-likeness (QED) is 0.0792. The van der Waals surface area contributed by atoms with E-state index in [2.05, 4.69) is 118 Å². The van der Waals surface area contributed by atoms with Crippen molar-refractivity contribution in [3.8, 4) is 34.8 Å². The molecule has 11 nitrogen and oxygen atoms in total. The van der Waals surface area contributed by atoms with E-state index in [1.807, 2.05) is 39.8 Å². The SMILES string of the molecule is CCC(Oc1ccc(C(C)(C)CC)cc1C(C)(C)CC)C(=O)Nc1nc(Oc2nc(NC(=O)C(CC)Oc3ccc(C(C)(C)CC)cc3C(C)(C)CC)c(OC)cc2C)c(C)cc1OC. The number of nitrogens with zero attached hydrogens (tertiary/aromatic N) is 2. The summed E-state index contributed by atoms with van der Waals surface area (Å²) in [5.74, 6) is 1.99. The first-order valence-electron chi connectivity index (χ1n) is 23.5. The van der Waals surface area contributed by atoms with E-state index in [9.17, 15) is 9.59 Å². The molecule has 0 saturated carbocycles. The molecule has 0 bridgehead atoms. The number of benzene rings is 2. The van der Waals surface area contributed by atoms with Crippen LogP contribution in [-0.4, -0.2) is 48.2 Å². The molecule has 0 spiro atoms. The summed E-state index contributed by atoms with van der Waals surface area (Å²) in [5, 5.41) is 5.90. The molecule has 2 heterocycles. The Morgan fingerprint density at radius 1 is 0.523 bits per heavy atom. The number of amides is 2. The number of rotatable bonds is 22. The van der Waals surface area contributed by atoms with E-state index >= 15 is 0 Å². The van der Waals surface area contributed by atoms with Crippen LogP contribution in [0.4, 0.5) is 11.6 Å². The molecule has 0 radical (unpaired) electrons. The molecule has 2 aromatic heterocycles. The summed E-state index contributed by atoms with van der Waals surface area (Å²) in [7, 11) is 3.04. The van der Waals surface area contributed by atoms with E-state index in [0.29, 0.717) is 47.0 Å². The molecule has 356 valence electrons. The molecule has 0 fully saturated rings. The van der Waals surface area contributed by atoms with Crippen molar-refractivity contribution in [3.05, 3.63) is 81.9 Å². The van der Waals surface area contributed by atoms with Crippen LogP contribution in [0.5, 0.6) is 34.8 Å². The third-order valence-corrected chi connectivity index (χ3v) is 13.8. The minimum absolute atomic E-state index is 0.00950. The Bertz CT molecular complexity index is 2140. The number of methoxy groups -OCH3 is 2. The Kier molecular flexibility index (Phi) is 17.2. The van der Waals surface area contributed by atoms with Gasteiger partial charge in [0.25, 0.3) is 11.8 Å². The van der Waals surface area contributed by atoms with Gasteiger partial charge < -0.3 is 34.3 Å². The fourth-order valence-electron chi connectivity index (χ4n) is 7.23. The predicted octanol–water partition coefficient (Wildman–Crippen LogP) is 13.2. The lowest BCUT2D eigenvalue weighted by Crippen LogP contribution is -2.34. The second kappa shape index (κ2) is 21.3. The highest BCUT2D eigenvalue weighted by molar-refractivity contribution is 5.95. The molecule has 11 heteroatoms. The van der Waals surface area contributed by atoms with Gasteiger partial charge in [0.2, 0.25) is 11.8 Å². The van der Waals surface area contributed by atoms with Crippen LogP contribution in [0.2, 0.25) is 0 Å². The Morgan fingerprint density at radius 3 is 1.15 bits per heavy atom. The highest BCUT2D eigenvalue weighted by Crippen LogP contribution is 2.42. The van der Waals surface area contributed by atoms with Crippen LogP contribution in [0.1, 0.15) is 169 Å². The summed E-state index contributed by atoms with van der Waals surface area (Å²) in [4.78, 5) is 37.5. The van der Waals surface area contributed by atoms with E-state index < -0.39 is 12.2 Å². The molecule has 2 N–H and O–H groups in total. The zero-order chi connectivity index (χ0) is 48.7. The fourth-order valence-corrected chi connectivity index (χ4v) is 7.23. The zero-order valence-electron chi connectivity index (χ0n) is 42.8. The predicted molar refractivity (Wildman–Crippen MR) is 264 cm³/mol. The van der Waals surface area contributed by atoms with Crippen LogP contribution < -0.4 is 34.3 Å². The standard InChI is InChI=1S/C54H78N4O7/c1-19-39(63-41-27-25-35(51(9,10)21-3)31-37(41)53(13,14)23-5)47(59)55-45-43(61-17)29-33(7)49(57-45)65-50-34(8)30-44(62-18)46(58-50)56-48(60)40(20-2)64-42-28-26-36(52(11,12)22-4)32-38(42)54(15,16)24-6/h25-32,39-40H,19-24H2,1-18H3,(H,55,57,59)(H,56,58,60). The summed E-state index contributed by atoms with van der Waals surface area (Å²) in [6.07, 6.45) is 2.93. The Balaban J connectivity index is 1.63. The number of nitrogens with one attached hydrogen (secondary N) is 2. The number of aromatic nitrogens is 2. The third kappa shape index (κ3) is 12.1. The summed E-state index contributed by atoms with van der Waals surface area (Å²) >= 11 is 0. The van der Waals surface area contributed by atoms with Gasteiger partial charge in [-0.3, -0.25) is 9.59 Å². The average molecular weight is 895 g/mol. The van der Waals surface area contributed by atoms with Crippen LogP contribution in [0.3, 0.4) is 0 Å². The maximum atomic E-state index is 14.0. The molecule has 0 aliphatic rings. The number of anilines is 2. The number of hydrogen-bond donors (Lipinski definition) is 2. The van der Waals surface area contributed by atoms with Gasteiger partial charge in [-0.1, -0.05) is 121 Å². The van der Waals surface area contributed by atoms with Crippen molar-refractivity contribution < 1.29 is 33.3 Å². The fraction of sp³-hybridized carbons (Fsp3) is 0.556. The van der Waals surface area contributed by atoms with E-state index in [1.54, 1.807) is 12.1 Å². The number of ether oxygens (including phenoxy) is 5. The van der Waals surface area contributed by atoms with Crippen LogP contribution >= 0.6 is 0 Å². The first kappa shape index (κ1) is 52.3. The molecule has 2 aromatic carbocycles. The van der Waals surface area contributed by atoms with Crippen LogP contribution in [0.15, 0.2) is 48.5 Å².